The van der Waals surface area contributed by atoms with Gasteiger partial charge >= 0.3 is 0 Å². The first-order chi connectivity index (χ1) is 10.6. The van der Waals surface area contributed by atoms with Gasteiger partial charge in [-0.25, -0.2) is 0 Å². The molecule has 1 amide bonds. The number of carbonyl (C=O) groups excluding carboxylic acids is 1. The minimum Gasteiger partial charge on any atom is -0.492 e. The third-order valence-electron chi connectivity index (χ3n) is 3.95. The van der Waals surface area contributed by atoms with E-state index in [1.807, 2.05) is 55.5 Å². The van der Waals surface area contributed by atoms with Gasteiger partial charge in [-0.2, -0.15) is 0 Å². The van der Waals surface area contributed by atoms with E-state index in [4.69, 9.17) is 10.5 Å². The summed E-state index contributed by atoms with van der Waals surface area (Å²) in [5, 5.41) is 2.95. The van der Waals surface area contributed by atoms with Gasteiger partial charge in [-0.05, 0) is 42.7 Å². The van der Waals surface area contributed by atoms with E-state index in [1.165, 1.54) is 0 Å². The second-order valence-corrected chi connectivity index (χ2v) is 5.72. The van der Waals surface area contributed by atoms with Crippen molar-refractivity contribution in [2.45, 2.75) is 19.4 Å². The predicted octanol–water partition coefficient (Wildman–Crippen LogP) is 3.32. The number of amides is 1. The molecule has 2 atom stereocenters. The second-order valence-electron chi connectivity index (χ2n) is 5.72. The zero-order valence-corrected chi connectivity index (χ0v) is 13.8. The van der Waals surface area contributed by atoms with Gasteiger partial charge in [0.05, 0.1) is 5.92 Å². The number of carbonyl (C=O) groups is 1. The highest BCUT2D eigenvalue weighted by Crippen LogP contribution is 2.27. The number of nitrogens with two attached hydrogens (primary N) is 1. The van der Waals surface area contributed by atoms with Crippen LogP contribution in [0.2, 0.25) is 0 Å². The molecule has 0 spiro atoms. The summed E-state index contributed by atoms with van der Waals surface area (Å²) in [6.45, 7) is 2.35. The SMILES string of the molecule is CC(N)c1ccc(NC(=O)C2COc3ccccc3C2)cc1.Cl. The molecule has 0 radical (unpaired) electrons. The van der Waals surface area contributed by atoms with Crippen LogP contribution < -0.4 is 15.8 Å². The summed E-state index contributed by atoms with van der Waals surface area (Å²) < 4.78 is 5.67. The van der Waals surface area contributed by atoms with Gasteiger partial charge in [0, 0.05) is 11.7 Å². The molecule has 0 fully saturated rings. The second kappa shape index (κ2) is 7.49. The number of ether oxygens (including phenoxy) is 1. The topological polar surface area (TPSA) is 64.3 Å². The van der Waals surface area contributed by atoms with E-state index in [9.17, 15) is 4.79 Å². The lowest BCUT2D eigenvalue weighted by molar-refractivity contribution is -0.121. The highest BCUT2D eigenvalue weighted by atomic mass is 35.5. The summed E-state index contributed by atoms with van der Waals surface area (Å²) in [7, 11) is 0. The van der Waals surface area contributed by atoms with Gasteiger partial charge in [0.25, 0.3) is 0 Å². The van der Waals surface area contributed by atoms with Gasteiger partial charge in [0.2, 0.25) is 5.91 Å². The lowest BCUT2D eigenvalue weighted by Gasteiger charge is -2.24. The molecule has 2 aromatic carbocycles. The maximum atomic E-state index is 12.4. The summed E-state index contributed by atoms with van der Waals surface area (Å²) in [4.78, 5) is 12.4. The Morgan fingerprint density at radius 2 is 1.91 bits per heavy atom. The molecule has 3 rings (SSSR count). The summed E-state index contributed by atoms with van der Waals surface area (Å²) in [5.41, 5.74) is 8.74. The monoisotopic (exact) mass is 332 g/mol. The molecule has 3 N–H and O–H groups in total. The number of halogens is 1. The van der Waals surface area contributed by atoms with Crippen molar-refractivity contribution < 1.29 is 9.53 Å². The van der Waals surface area contributed by atoms with Crippen molar-refractivity contribution in [3.63, 3.8) is 0 Å². The van der Waals surface area contributed by atoms with Crippen LogP contribution in [0.15, 0.2) is 48.5 Å². The van der Waals surface area contributed by atoms with Gasteiger partial charge in [0.15, 0.2) is 0 Å². The summed E-state index contributed by atoms with van der Waals surface area (Å²) >= 11 is 0. The maximum Gasteiger partial charge on any atom is 0.231 e. The van der Waals surface area contributed by atoms with Crippen molar-refractivity contribution in [2.75, 3.05) is 11.9 Å². The summed E-state index contributed by atoms with van der Waals surface area (Å²) in [6, 6.07) is 15.5. The Hall–Kier alpha value is -2.04. The first kappa shape index (κ1) is 17.3. The number of hydrogen-bond acceptors (Lipinski definition) is 3. The molecule has 4 nitrogen and oxygen atoms in total. The van der Waals surface area contributed by atoms with Crippen LogP contribution >= 0.6 is 12.4 Å². The zero-order chi connectivity index (χ0) is 15.5. The van der Waals surface area contributed by atoms with E-state index in [0.717, 1.165) is 22.6 Å². The van der Waals surface area contributed by atoms with Crippen LogP contribution in [-0.2, 0) is 11.2 Å². The van der Waals surface area contributed by atoms with Crippen molar-refractivity contribution >= 4 is 24.0 Å². The number of nitrogens with one attached hydrogen (secondary N) is 1. The molecular formula is C18H21ClN2O2. The van der Waals surface area contributed by atoms with E-state index in [-0.39, 0.29) is 30.3 Å². The summed E-state index contributed by atoms with van der Waals surface area (Å²) in [5.74, 6) is 0.707. The molecule has 1 aliphatic heterocycles. The van der Waals surface area contributed by atoms with Gasteiger partial charge in [-0.3, -0.25) is 4.79 Å². The Morgan fingerprint density at radius 3 is 2.61 bits per heavy atom. The third kappa shape index (κ3) is 4.03. The number of rotatable bonds is 3. The molecule has 0 saturated carbocycles. The average molecular weight is 333 g/mol. The van der Waals surface area contributed by atoms with Crippen molar-refractivity contribution in [3.05, 3.63) is 59.7 Å². The van der Waals surface area contributed by atoms with Crippen molar-refractivity contribution in [2.24, 2.45) is 11.7 Å². The Morgan fingerprint density at radius 1 is 1.22 bits per heavy atom. The fraction of sp³-hybridized carbons (Fsp3) is 0.278. The van der Waals surface area contributed by atoms with E-state index in [0.29, 0.717) is 13.0 Å². The quantitative estimate of drug-likeness (QED) is 0.906. The molecule has 23 heavy (non-hydrogen) atoms. The van der Waals surface area contributed by atoms with Crippen LogP contribution in [0.1, 0.15) is 24.1 Å². The number of benzene rings is 2. The third-order valence-corrected chi connectivity index (χ3v) is 3.95. The largest absolute Gasteiger partial charge is 0.492 e. The molecule has 0 aromatic heterocycles. The van der Waals surface area contributed by atoms with Crippen LogP contribution in [0.25, 0.3) is 0 Å². The predicted molar refractivity (Wildman–Crippen MR) is 94.1 cm³/mol. The lowest BCUT2D eigenvalue weighted by atomic mass is 9.96. The molecule has 1 heterocycles. The van der Waals surface area contributed by atoms with Crippen molar-refractivity contribution in [1.29, 1.82) is 0 Å². The van der Waals surface area contributed by atoms with Gasteiger partial charge in [-0.15, -0.1) is 12.4 Å². The molecule has 0 aliphatic carbocycles. The molecule has 1 aliphatic rings. The molecular weight excluding hydrogens is 312 g/mol. The Kier molecular flexibility index (Phi) is 5.64. The first-order valence-corrected chi connectivity index (χ1v) is 7.50. The minimum atomic E-state index is -0.164. The van der Waals surface area contributed by atoms with Crippen molar-refractivity contribution in [3.8, 4) is 5.75 Å². The molecule has 122 valence electrons. The number of para-hydroxylation sites is 1. The number of hydrogen-bond donors (Lipinski definition) is 2. The van der Waals surface area contributed by atoms with E-state index >= 15 is 0 Å². The van der Waals surface area contributed by atoms with E-state index in [1.54, 1.807) is 0 Å². The zero-order valence-electron chi connectivity index (χ0n) is 13.0. The molecule has 5 heteroatoms. The summed E-state index contributed by atoms with van der Waals surface area (Å²) in [6.07, 6.45) is 0.708. The highest BCUT2D eigenvalue weighted by Gasteiger charge is 2.25. The normalized spacial score (nSPS) is 17.2. The van der Waals surface area contributed by atoms with Crippen LogP contribution in [0.5, 0.6) is 5.75 Å². The van der Waals surface area contributed by atoms with E-state index < -0.39 is 0 Å². The van der Waals surface area contributed by atoms with Crippen LogP contribution in [0, 0.1) is 5.92 Å². The number of anilines is 1. The van der Waals surface area contributed by atoms with Gasteiger partial charge in [0.1, 0.15) is 12.4 Å². The Labute approximate surface area is 142 Å². The fourth-order valence-corrected chi connectivity index (χ4v) is 2.61. The molecule has 0 saturated heterocycles. The highest BCUT2D eigenvalue weighted by molar-refractivity contribution is 5.93. The first-order valence-electron chi connectivity index (χ1n) is 7.50. The van der Waals surface area contributed by atoms with Crippen molar-refractivity contribution in [1.82, 2.24) is 0 Å². The minimum absolute atomic E-state index is 0. The molecule has 0 bridgehead atoms. The van der Waals surface area contributed by atoms with Crippen LogP contribution in [-0.4, -0.2) is 12.5 Å². The Balaban J connectivity index is 0.00000192. The fourth-order valence-electron chi connectivity index (χ4n) is 2.61. The van der Waals surface area contributed by atoms with Crippen LogP contribution in [0.4, 0.5) is 5.69 Å². The average Bonchev–Trinajstić information content (AvgIpc) is 2.55. The smallest absolute Gasteiger partial charge is 0.231 e. The van der Waals surface area contributed by atoms with Gasteiger partial charge in [-0.1, -0.05) is 30.3 Å². The number of fused-ring (bicyclic) bond motifs is 1. The van der Waals surface area contributed by atoms with E-state index in [2.05, 4.69) is 5.32 Å². The standard InChI is InChI=1S/C18H20N2O2.ClH/c1-12(19)13-6-8-16(9-7-13)20-18(21)15-10-14-4-2-3-5-17(14)22-11-15;/h2-9,12,15H,10-11,19H2,1H3,(H,20,21);1H. The Bertz CT molecular complexity index is 671. The maximum absolute atomic E-state index is 12.4. The van der Waals surface area contributed by atoms with Gasteiger partial charge < -0.3 is 15.8 Å². The van der Waals surface area contributed by atoms with Crippen LogP contribution in [0.3, 0.4) is 0 Å². The molecule has 2 unspecified atom stereocenters. The molecule has 2 aromatic rings. The lowest BCUT2D eigenvalue weighted by Crippen LogP contribution is -2.32.